The molecule has 5 N–H and O–H groups in total. The van der Waals surface area contributed by atoms with E-state index in [4.69, 9.17) is 5.73 Å². The van der Waals surface area contributed by atoms with Crippen LogP contribution in [0.5, 0.6) is 0 Å². The van der Waals surface area contributed by atoms with Gasteiger partial charge in [0.05, 0.1) is 5.69 Å². The van der Waals surface area contributed by atoms with Crippen LogP contribution in [0.1, 0.15) is 23.3 Å². The smallest absolute Gasteiger partial charge is 0.265 e. The third kappa shape index (κ3) is 4.10. The molecule has 0 atom stereocenters. The molecule has 1 aliphatic heterocycles. The fraction of sp³-hybridized carbons (Fsp3) is 0.357. The number of hydrogen-bond donors (Lipinski definition) is 4. The second kappa shape index (κ2) is 7.58. The number of H-pyrrole nitrogens is 1. The Balaban J connectivity index is 0.00000192. The molecule has 0 saturated carbocycles. The quantitative estimate of drug-likeness (QED) is 0.667. The average molecular weight is 356 g/mol. The van der Waals surface area contributed by atoms with Crippen molar-refractivity contribution in [3.8, 4) is 11.3 Å². The highest BCUT2D eigenvalue weighted by atomic mass is 35.5. The van der Waals surface area contributed by atoms with Gasteiger partial charge in [-0.3, -0.25) is 9.59 Å². The Morgan fingerprint density at radius 2 is 2.09 bits per heavy atom. The van der Waals surface area contributed by atoms with Crippen molar-refractivity contribution in [1.82, 2.24) is 15.3 Å². The molecule has 0 radical (unpaired) electrons. The zero-order valence-corrected chi connectivity index (χ0v) is 13.9. The molecule has 1 saturated heterocycles. The second-order valence-corrected chi connectivity index (χ2v) is 6.08. The minimum absolute atomic E-state index is 0. The summed E-state index contributed by atoms with van der Waals surface area (Å²) in [7, 11) is 0. The first kappa shape index (κ1) is 17.5. The van der Waals surface area contributed by atoms with Gasteiger partial charge in [-0.1, -0.05) is 0 Å². The topological polar surface area (TPSA) is 113 Å². The summed E-state index contributed by atoms with van der Waals surface area (Å²) < 4.78 is 0. The van der Waals surface area contributed by atoms with Crippen molar-refractivity contribution >= 4 is 40.7 Å². The SMILES string of the molecule is Cl.NC(=O)c1cc(-c2csc(NC(=O)C3CCNCC3)n2)c[nH]1. The van der Waals surface area contributed by atoms with Crippen molar-refractivity contribution in [2.24, 2.45) is 11.7 Å². The molecule has 23 heavy (non-hydrogen) atoms. The Hall–Kier alpha value is -1.90. The highest BCUT2D eigenvalue weighted by Gasteiger charge is 2.21. The number of carbonyl (C=O) groups excluding carboxylic acids is 2. The van der Waals surface area contributed by atoms with Crippen LogP contribution in [0.3, 0.4) is 0 Å². The minimum Gasteiger partial charge on any atom is -0.364 e. The number of nitrogens with one attached hydrogen (secondary N) is 3. The van der Waals surface area contributed by atoms with Crippen LogP contribution in [0, 0.1) is 5.92 Å². The number of nitrogens with two attached hydrogens (primary N) is 1. The van der Waals surface area contributed by atoms with Crippen LogP contribution < -0.4 is 16.4 Å². The van der Waals surface area contributed by atoms with Crippen molar-refractivity contribution < 1.29 is 9.59 Å². The molecule has 2 aromatic rings. The molecule has 9 heteroatoms. The lowest BCUT2D eigenvalue weighted by atomic mass is 9.97. The standard InChI is InChI=1S/C14H17N5O2S.ClH/c15-12(20)10-5-9(6-17-10)11-7-22-14(18-11)19-13(21)8-1-3-16-4-2-8;/h5-8,16-17H,1-4H2,(H2,15,20)(H,18,19,21);1H. The molecule has 124 valence electrons. The van der Waals surface area contributed by atoms with Gasteiger partial charge in [-0.2, -0.15) is 0 Å². The number of aromatic nitrogens is 2. The van der Waals surface area contributed by atoms with E-state index in [1.165, 1.54) is 11.3 Å². The van der Waals surface area contributed by atoms with E-state index < -0.39 is 5.91 Å². The van der Waals surface area contributed by atoms with Crippen LogP contribution in [-0.4, -0.2) is 34.9 Å². The average Bonchev–Trinajstić information content (AvgIpc) is 3.16. The lowest BCUT2D eigenvalue weighted by Crippen LogP contribution is -2.34. The Labute approximate surface area is 143 Å². The van der Waals surface area contributed by atoms with E-state index >= 15 is 0 Å². The van der Waals surface area contributed by atoms with Gasteiger partial charge in [0.2, 0.25) is 5.91 Å². The molecular weight excluding hydrogens is 338 g/mol. The van der Waals surface area contributed by atoms with E-state index in [1.807, 2.05) is 5.38 Å². The van der Waals surface area contributed by atoms with E-state index in [1.54, 1.807) is 12.3 Å². The maximum atomic E-state index is 12.2. The number of anilines is 1. The first-order valence-corrected chi connectivity index (χ1v) is 7.97. The molecule has 1 aliphatic rings. The number of nitrogens with zero attached hydrogens (tertiary/aromatic N) is 1. The van der Waals surface area contributed by atoms with Crippen LogP contribution in [0.15, 0.2) is 17.6 Å². The van der Waals surface area contributed by atoms with Gasteiger partial charge >= 0.3 is 0 Å². The third-order valence-corrected chi connectivity index (χ3v) is 4.45. The highest BCUT2D eigenvalue weighted by molar-refractivity contribution is 7.14. The normalized spacial score (nSPS) is 15.0. The summed E-state index contributed by atoms with van der Waals surface area (Å²) in [6.45, 7) is 1.75. The van der Waals surface area contributed by atoms with E-state index in [0.717, 1.165) is 31.5 Å². The summed E-state index contributed by atoms with van der Waals surface area (Å²) in [6, 6.07) is 1.65. The molecule has 7 nitrogen and oxygen atoms in total. The number of piperidine rings is 1. The molecule has 0 aromatic carbocycles. The number of amides is 2. The largest absolute Gasteiger partial charge is 0.364 e. The van der Waals surface area contributed by atoms with Crippen LogP contribution >= 0.6 is 23.7 Å². The molecule has 0 aliphatic carbocycles. The predicted octanol–water partition coefficient (Wildman–Crippen LogP) is 1.60. The van der Waals surface area contributed by atoms with Gasteiger partial charge in [0, 0.05) is 23.1 Å². The number of rotatable bonds is 4. The van der Waals surface area contributed by atoms with Gasteiger partial charge in [-0.05, 0) is 32.0 Å². The molecule has 0 unspecified atom stereocenters. The van der Waals surface area contributed by atoms with Crippen molar-refractivity contribution in [3.05, 3.63) is 23.3 Å². The van der Waals surface area contributed by atoms with Gasteiger partial charge in [-0.15, -0.1) is 23.7 Å². The zero-order chi connectivity index (χ0) is 15.5. The van der Waals surface area contributed by atoms with Gasteiger partial charge in [0.1, 0.15) is 5.69 Å². The molecule has 3 rings (SSSR count). The highest BCUT2D eigenvalue weighted by Crippen LogP contribution is 2.26. The number of halogens is 1. The molecule has 2 aromatic heterocycles. The van der Waals surface area contributed by atoms with E-state index in [0.29, 0.717) is 16.5 Å². The lowest BCUT2D eigenvalue weighted by Gasteiger charge is -2.20. The Bertz CT molecular complexity index is 693. The maximum Gasteiger partial charge on any atom is 0.265 e. The third-order valence-electron chi connectivity index (χ3n) is 3.69. The minimum atomic E-state index is -0.513. The van der Waals surface area contributed by atoms with E-state index in [2.05, 4.69) is 20.6 Å². The number of carbonyl (C=O) groups is 2. The van der Waals surface area contributed by atoms with Gasteiger partial charge in [0.25, 0.3) is 5.91 Å². The number of thiazole rings is 1. The lowest BCUT2D eigenvalue weighted by molar-refractivity contribution is -0.120. The predicted molar refractivity (Wildman–Crippen MR) is 91.9 cm³/mol. The summed E-state index contributed by atoms with van der Waals surface area (Å²) in [5.74, 6) is -0.447. The van der Waals surface area contributed by atoms with Crippen molar-refractivity contribution in [2.75, 3.05) is 18.4 Å². The zero-order valence-electron chi connectivity index (χ0n) is 12.3. The summed E-state index contributed by atoms with van der Waals surface area (Å²) >= 11 is 1.37. The van der Waals surface area contributed by atoms with Crippen LogP contribution in [0.2, 0.25) is 0 Å². The first-order valence-electron chi connectivity index (χ1n) is 7.09. The van der Waals surface area contributed by atoms with Crippen molar-refractivity contribution in [1.29, 1.82) is 0 Å². The molecule has 1 fully saturated rings. The second-order valence-electron chi connectivity index (χ2n) is 5.22. The Morgan fingerprint density at radius 3 is 2.74 bits per heavy atom. The molecule has 3 heterocycles. The Morgan fingerprint density at radius 1 is 1.35 bits per heavy atom. The fourth-order valence-corrected chi connectivity index (χ4v) is 3.16. The number of primary amides is 1. The van der Waals surface area contributed by atoms with Crippen LogP contribution in [0.4, 0.5) is 5.13 Å². The summed E-state index contributed by atoms with van der Waals surface area (Å²) in [5.41, 5.74) is 7.02. The summed E-state index contributed by atoms with van der Waals surface area (Å²) in [6.07, 6.45) is 3.38. The number of aromatic amines is 1. The maximum absolute atomic E-state index is 12.2. The van der Waals surface area contributed by atoms with E-state index in [9.17, 15) is 9.59 Å². The molecule has 0 bridgehead atoms. The monoisotopic (exact) mass is 355 g/mol. The molecule has 2 amide bonds. The van der Waals surface area contributed by atoms with Crippen molar-refractivity contribution in [2.45, 2.75) is 12.8 Å². The molecule has 0 spiro atoms. The first-order chi connectivity index (χ1) is 10.6. The van der Waals surface area contributed by atoms with Gasteiger partial charge in [-0.25, -0.2) is 4.98 Å². The number of hydrogen-bond acceptors (Lipinski definition) is 5. The fourth-order valence-electron chi connectivity index (χ4n) is 2.44. The van der Waals surface area contributed by atoms with Crippen molar-refractivity contribution in [3.63, 3.8) is 0 Å². The van der Waals surface area contributed by atoms with Crippen LogP contribution in [-0.2, 0) is 4.79 Å². The summed E-state index contributed by atoms with van der Waals surface area (Å²) in [4.78, 5) is 30.4. The van der Waals surface area contributed by atoms with E-state index in [-0.39, 0.29) is 24.2 Å². The molecular formula is C14H18ClN5O2S. The van der Waals surface area contributed by atoms with Crippen LogP contribution in [0.25, 0.3) is 11.3 Å². The van der Waals surface area contributed by atoms with Gasteiger partial charge < -0.3 is 21.4 Å². The summed E-state index contributed by atoms with van der Waals surface area (Å²) in [5, 5.41) is 8.52. The Kier molecular flexibility index (Phi) is 5.75. The van der Waals surface area contributed by atoms with Gasteiger partial charge in [0.15, 0.2) is 5.13 Å².